The van der Waals surface area contributed by atoms with E-state index in [9.17, 15) is 9.59 Å². The summed E-state index contributed by atoms with van der Waals surface area (Å²) in [6.45, 7) is 3.53. The fraction of sp³-hybridized carbons (Fsp3) is 0.111. The zero-order valence-electron chi connectivity index (χ0n) is 12.9. The summed E-state index contributed by atoms with van der Waals surface area (Å²) in [7, 11) is 1.56. The molecule has 6 heteroatoms. The highest BCUT2D eigenvalue weighted by Crippen LogP contribution is 2.36. The Labute approximate surface area is 146 Å². The number of carbonyl (C=O) groups is 1. The molecule has 122 valence electrons. The van der Waals surface area contributed by atoms with E-state index in [0.29, 0.717) is 37.7 Å². The molecule has 0 saturated carbocycles. The number of fused-ring (bicyclic) bond motifs is 3. The van der Waals surface area contributed by atoms with E-state index in [2.05, 4.69) is 27.8 Å². The first kappa shape index (κ1) is 16.3. The van der Waals surface area contributed by atoms with Crippen LogP contribution >= 0.6 is 15.9 Å². The normalized spacial score (nSPS) is 10.8. The van der Waals surface area contributed by atoms with Crippen molar-refractivity contribution in [3.8, 4) is 5.75 Å². The average molecular weight is 388 g/mol. The van der Waals surface area contributed by atoms with Crippen molar-refractivity contribution < 1.29 is 13.9 Å². The predicted molar refractivity (Wildman–Crippen MR) is 97.7 cm³/mol. The maximum atomic E-state index is 12.4. The van der Waals surface area contributed by atoms with Crippen LogP contribution in [-0.4, -0.2) is 13.0 Å². The Hall–Kier alpha value is -2.60. The summed E-state index contributed by atoms with van der Waals surface area (Å²) in [6.07, 6.45) is 1.70. The first-order valence-corrected chi connectivity index (χ1v) is 7.99. The number of methoxy groups -OCH3 is 1. The maximum absolute atomic E-state index is 12.4. The third-order valence-electron chi connectivity index (χ3n) is 3.63. The van der Waals surface area contributed by atoms with Crippen LogP contribution in [0.15, 0.2) is 56.7 Å². The summed E-state index contributed by atoms with van der Waals surface area (Å²) < 4.78 is 11.3. The summed E-state index contributed by atoms with van der Waals surface area (Å²) in [5.74, 6) is 0.393. The number of benzene rings is 2. The van der Waals surface area contributed by atoms with Gasteiger partial charge in [0.05, 0.1) is 28.0 Å². The van der Waals surface area contributed by atoms with Gasteiger partial charge in [-0.25, -0.2) is 4.79 Å². The fourth-order valence-electron chi connectivity index (χ4n) is 2.60. The van der Waals surface area contributed by atoms with Crippen molar-refractivity contribution in [3.63, 3.8) is 0 Å². The van der Waals surface area contributed by atoms with Crippen LogP contribution in [-0.2, 0) is 4.79 Å². The SMILES string of the molecule is C=CCC(=O)Nc1ccc2c(c1Br)c(=O)oc1cccc(OC)c12. The lowest BCUT2D eigenvalue weighted by Crippen LogP contribution is -2.11. The lowest BCUT2D eigenvalue weighted by atomic mass is 10.1. The Morgan fingerprint density at radius 1 is 1.33 bits per heavy atom. The van der Waals surface area contributed by atoms with E-state index in [1.165, 1.54) is 6.08 Å². The zero-order chi connectivity index (χ0) is 17.3. The summed E-state index contributed by atoms with van der Waals surface area (Å²) in [5.41, 5.74) is 0.454. The molecule has 1 heterocycles. The van der Waals surface area contributed by atoms with Gasteiger partial charge < -0.3 is 14.5 Å². The molecule has 0 bridgehead atoms. The molecule has 2 aromatic carbocycles. The number of hydrogen-bond donors (Lipinski definition) is 1. The van der Waals surface area contributed by atoms with Crippen molar-refractivity contribution in [3.05, 3.63) is 57.9 Å². The molecule has 3 aromatic rings. The number of amides is 1. The Balaban J connectivity index is 2.31. The lowest BCUT2D eigenvalue weighted by Gasteiger charge is -2.11. The van der Waals surface area contributed by atoms with Gasteiger partial charge in [-0.15, -0.1) is 6.58 Å². The van der Waals surface area contributed by atoms with Crippen LogP contribution in [0, 0.1) is 0 Å². The molecule has 0 aliphatic rings. The van der Waals surface area contributed by atoms with Crippen molar-refractivity contribution in [1.82, 2.24) is 0 Å². The van der Waals surface area contributed by atoms with Gasteiger partial charge in [0.2, 0.25) is 5.91 Å². The van der Waals surface area contributed by atoms with Crippen LogP contribution in [0.25, 0.3) is 21.7 Å². The molecular formula is C18H14BrNO4. The second kappa shape index (κ2) is 6.49. The van der Waals surface area contributed by atoms with Crippen LogP contribution in [0.4, 0.5) is 5.69 Å². The molecule has 5 nitrogen and oxygen atoms in total. The van der Waals surface area contributed by atoms with E-state index in [1.54, 1.807) is 37.4 Å². The van der Waals surface area contributed by atoms with Gasteiger partial charge in [0.1, 0.15) is 11.3 Å². The number of rotatable bonds is 4. The number of nitrogens with one attached hydrogen (secondary N) is 1. The zero-order valence-corrected chi connectivity index (χ0v) is 14.5. The third-order valence-corrected chi connectivity index (χ3v) is 4.45. The molecular weight excluding hydrogens is 374 g/mol. The summed E-state index contributed by atoms with van der Waals surface area (Å²) in [5, 5.41) is 4.48. The number of carbonyl (C=O) groups excluding carboxylic acids is 1. The van der Waals surface area contributed by atoms with Gasteiger partial charge in [0, 0.05) is 11.8 Å². The highest BCUT2D eigenvalue weighted by molar-refractivity contribution is 9.10. The van der Waals surface area contributed by atoms with Crippen LogP contribution in [0.1, 0.15) is 6.42 Å². The number of ether oxygens (including phenoxy) is 1. The van der Waals surface area contributed by atoms with Gasteiger partial charge in [-0.1, -0.05) is 18.2 Å². The van der Waals surface area contributed by atoms with Gasteiger partial charge in [-0.3, -0.25) is 4.79 Å². The maximum Gasteiger partial charge on any atom is 0.345 e. The monoisotopic (exact) mass is 387 g/mol. The number of anilines is 1. The second-order valence-electron chi connectivity index (χ2n) is 5.11. The minimum absolute atomic E-state index is 0.185. The topological polar surface area (TPSA) is 68.5 Å². The number of halogens is 1. The van der Waals surface area contributed by atoms with Crippen LogP contribution in [0.2, 0.25) is 0 Å². The van der Waals surface area contributed by atoms with E-state index in [1.807, 2.05) is 0 Å². The number of hydrogen-bond acceptors (Lipinski definition) is 4. The van der Waals surface area contributed by atoms with E-state index in [4.69, 9.17) is 9.15 Å². The summed E-state index contributed by atoms with van der Waals surface area (Å²) >= 11 is 3.40. The van der Waals surface area contributed by atoms with Gasteiger partial charge in [0.25, 0.3) is 0 Å². The molecule has 0 spiro atoms. The van der Waals surface area contributed by atoms with Gasteiger partial charge in [-0.2, -0.15) is 0 Å². The molecule has 24 heavy (non-hydrogen) atoms. The molecule has 0 atom stereocenters. The Morgan fingerprint density at radius 2 is 2.12 bits per heavy atom. The van der Waals surface area contributed by atoms with E-state index >= 15 is 0 Å². The Bertz CT molecular complexity index is 1020. The first-order valence-electron chi connectivity index (χ1n) is 7.19. The molecule has 0 aliphatic heterocycles. The van der Waals surface area contributed by atoms with Crippen molar-refractivity contribution in [1.29, 1.82) is 0 Å². The molecule has 1 aromatic heterocycles. The minimum Gasteiger partial charge on any atom is -0.496 e. The Morgan fingerprint density at radius 3 is 2.83 bits per heavy atom. The largest absolute Gasteiger partial charge is 0.496 e. The molecule has 1 N–H and O–H groups in total. The van der Waals surface area contributed by atoms with Crippen molar-refractivity contribution in [2.75, 3.05) is 12.4 Å². The van der Waals surface area contributed by atoms with Crippen LogP contribution < -0.4 is 15.7 Å². The third kappa shape index (κ3) is 2.69. The van der Waals surface area contributed by atoms with E-state index in [0.717, 1.165) is 0 Å². The van der Waals surface area contributed by atoms with Crippen LogP contribution in [0.5, 0.6) is 5.75 Å². The lowest BCUT2D eigenvalue weighted by molar-refractivity contribution is -0.115. The van der Waals surface area contributed by atoms with E-state index in [-0.39, 0.29) is 12.3 Å². The van der Waals surface area contributed by atoms with Crippen LogP contribution in [0.3, 0.4) is 0 Å². The van der Waals surface area contributed by atoms with E-state index < -0.39 is 5.63 Å². The molecule has 3 rings (SSSR count). The van der Waals surface area contributed by atoms with Gasteiger partial charge >= 0.3 is 5.63 Å². The highest BCUT2D eigenvalue weighted by atomic mass is 79.9. The van der Waals surface area contributed by atoms with Crippen molar-refractivity contribution in [2.45, 2.75) is 6.42 Å². The van der Waals surface area contributed by atoms with Crippen molar-refractivity contribution in [2.24, 2.45) is 0 Å². The quantitative estimate of drug-likeness (QED) is 0.413. The van der Waals surface area contributed by atoms with Crippen molar-refractivity contribution >= 4 is 49.3 Å². The Kier molecular flexibility index (Phi) is 4.40. The molecule has 0 unspecified atom stereocenters. The van der Waals surface area contributed by atoms with Gasteiger partial charge in [0.15, 0.2) is 0 Å². The standard InChI is InChI=1S/C18H14BrNO4/c1-3-5-14(21)20-11-9-8-10-15-12(23-2)6-4-7-13(15)24-18(22)16(10)17(11)19/h3-4,6-9H,1,5H2,2H3,(H,20,21). The molecule has 1 amide bonds. The summed E-state index contributed by atoms with van der Waals surface area (Å²) in [4.78, 5) is 24.2. The molecule has 0 aliphatic carbocycles. The van der Waals surface area contributed by atoms with Gasteiger partial charge in [-0.05, 0) is 34.1 Å². The molecule has 0 fully saturated rings. The molecule has 0 radical (unpaired) electrons. The first-order chi connectivity index (χ1) is 11.6. The minimum atomic E-state index is -0.488. The predicted octanol–water partition coefficient (Wildman–Crippen LogP) is 4.23. The fourth-order valence-corrected chi connectivity index (χ4v) is 3.20. The highest BCUT2D eigenvalue weighted by Gasteiger charge is 2.16. The smallest absolute Gasteiger partial charge is 0.345 e. The molecule has 0 saturated heterocycles. The summed E-state index contributed by atoms with van der Waals surface area (Å²) in [6, 6.07) is 8.78. The second-order valence-corrected chi connectivity index (χ2v) is 5.91. The average Bonchev–Trinajstić information content (AvgIpc) is 2.56.